The number of fused-ring (bicyclic) bond motifs is 1. The molecule has 0 aliphatic heterocycles. The minimum atomic E-state index is 0.0340. The fraction of sp³-hybridized carbons (Fsp3) is 0.438. The van der Waals surface area contributed by atoms with Crippen molar-refractivity contribution in [1.29, 1.82) is 0 Å². The summed E-state index contributed by atoms with van der Waals surface area (Å²) in [4.78, 5) is 15.4. The van der Waals surface area contributed by atoms with Gasteiger partial charge in [-0.05, 0) is 44.7 Å². The number of benzene rings is 1. The van der Waals surface area contributed by atoms with E-state index in [1.54, 1.807) is 0 Å². The Kier molecular flexibility index (Phi) is 3.84. The first-order valence-electron chi connectivity index (χ1n) is 7.26. The number of carbonyl (C=O) groups is 1. The first-order chi connectivity index (χ1) is 9.99. The molecule has 0 spiro atoms. The molecule has 1 aromatic carbocycles. The molecule has 1 aromatic heterocycles. The van der Waals surface area contributed by atoms with Crippen molar-refractivity contribution in [3.05, 3.63) is 28.1 Å². The Labute approximate surface area is 133 Å². The maximum absolute atomic E-state index is 12.9. The summed E-state index contributed by atoms with van der Waals surface area (Å²) in [5.74, 6) is 0.696. The fourth-order valence-electron chi connectivity index (χ4n) is 2.53. The minimum absolute atomic E-state index is 0.0340. The summed E-state index contributed by atoms with van der Waals surface area (Å²) in [7, 11) is 0. The van der Waals surface area contributed by atoms with Gasteiger partial charge in [-0.1, -0.05) is 17.7 Å². The minimum Gasteiger partial charge on any atom is -0.397 e. The molecular weight excluding hydrogens is 304 g/mol. The molecule has 1 saturated carbocycles. The summed E-state index contributed by atoms with van der Waals surface area (Å²) in [6.07, 6.45) is 2.45. The van der Waals surface area contributed by atoms with Crippen LogP contribution in [0.5, 0.6) is 0 Å². The molecule has 0 bridgehead atoms. The lowest BCUT2D eigenvalue weighted by Crippen LogP contribution is -2.38. The number of thiophene rings is 1. The van der Waals surface area contributed by atoms with Crippen molar-refractivity contribution < 1.29 is 4.79 Å². The van der Waals surface area contributed by atoms with E-state index in [0.29, 0.717) is 21.5 Å². The third-order valence-corrected chi connectivity index (χ3v) is 5.41. The number of nitrogens with zero attached hydrogens (tertiary/aromatic N) is 1. The van der Waals surface area contributed by atoms with Gasteiger partial charge in [0.2, 0.25) is 0 Å². The van der Waals surface area contributed by atoms with Gasteiger partial charge < -0.3 is 10.6 Å². The number of nitrogens with two attached hydrogens (primary N) is 1. The normalized spacial score (nSPS) is 14.9. The van der Waals surface area contributed by atoms with Crippen molar-refractivity contribution >= 4 is 44.6 Å². The van der Waals surface area contributed by atoms with Crippen LogP contribution in [0.1, 0.15) is 36.4 Å². The summed E-state index contributed by atoms with van der Waals surface area (Å²) in [6.45, 7) is 4.94. The molecule has 5 heteroatoms. The average Bonchev–Trinajstić information content (AvgIpc) is 3.18. The van der Waals surface area contributed by atoms with E-state index in [9.17, 15) is 4.79 Å². The van der Waals surface area contributed by atoms with Crippen molar-refractivity contribution in [1.82, 2.24) is 4.90 Å². The van der Waals surface area contributed by atoms with E-state index < -0.39 is 0 Å². The second-order valence-electron chi connectivity index (χ2n) is 5.95. The van der Waals surface area contributed by atoms with Crippen LogP contribution in [0.4, 0.5) is 5.69 Å². The SMILES string of the molecule is CC(C)N(CC1CC1)C(=O)c1sc2cccc(Cl)c2c1N. The van der Waals surface area contributed by atoms with Crippen LogP contribution in [-0.2, 0) is 0 Å². The first kappa shape index (κ1) is 14.7. The van der Waals surface area contributed by atoms with Crippen molar-refractivity contribution in [3.8, 4) is 0 Å². The molecule has 3 rings (SSSR count). The zero-order valence-electron chi connectivity index (χ0n) is 12.2. The van der Waals surface area contributed by atoms with E-state index in [1.807, 2.05) is 23.1 Å². The monoisotopic (exact) mass is 322 g/mol. The van der Waals surface area contributed by atoms with E-state index in [4.69, 9.17) is 17.3 Å². The van der Waals surface area contributed by atoms with Crippen LogP contribution in [-0.4, -0.2) is 23.4 Å². The molecule has 2 aromatic rings. The Hall–Kier alpha value is -1.26. The Morgan fingerprint density at radius 2 is 2.19 bits per heavy atom. The van der Waals surface area contributed by atoms with E-state index >= 15 is 0 Å². The third kappa shape index (κ3) is 2.74. The standard InChI is InChI=1S/C16H19ClN2OS/c1-9(2)19(8-10-6-7-10)16(20)15-14(18)13-11(17)4-3-5-12(13)21-15/h3-5,9-10H,6-8,18H2,1-2H3. The Bertz CT molecular complexity index is 691. The number of nitrogen functional groups attached to an aromatic ring is 1. The first-order valence-corrected chi connectivity index (χ1v) is 8.46. The molecule has 0 atom stereocenters. The van der Waals surface area contributed by atoms with E-state index in [0.717, 1.165) is 16.6 Å². The number of carbonyl (C=O) groups excluding carboxylic acids is 1. The Balaban J connectivity index is 2.00. The number of rotatable bonds is 4. The van der Waals surface area contributed by atoms with Crippen LogP contribution < -0.4 is 5.73 Å². The molecule has 3 nitrogen and oxygen atoms in total. The van der Waals surface area contributed by atoms with Gasteiger partial charge in [-0.25, -0.2) is 0 Å². The molecule has 0 unspecified atom stereocenters. The van der Waals surface area contributed by atoms with Crippen LogP contribution in [0.15, 0.2) is 18.2 Å². The molecule has 0 radical (unpaired) electrons. The third-order valence-electron chi connectivity index (χ3n) is 3.93. The highest BCUT2D eigenvalue weighted by molar-refractivity contribution is 7.21. The maximum Gasteiger partial charge on any atom is 0.266 e. The molecule has 21 heavy (non-hydrogen) atoms. The lowest BCUT2D eigenvalue weighted by atomic mass is 10.2. The summed E-state index contributed by atoms with van der Waals surface area (Å²) in [5.41, 5.74) is 6.72. The van der Waals surface area contributed by atoms with Gasteiger partial charge >= 0.3 is 0 Å². The molecular formula is C16H19ClN2OS. The average molecular weight is 323 g/mol. The maximum atomic E-state index is 12.9. The van der Waals surface area contributed by atoms with Gasteiger partial charge in [0.1, 0.15) is 4.88 Å². The largest absolute Gasteiger partial charge is 0.397 e. The highest BCUT2D eigenvalue weighted by Crippen LogP contribution is 2.39. The Morgan fingerprint density at radius 3 is 2.76 bits per heavy atom. The predicted octanol–water partition coefficient (Wildman–Crippen LogP) is 4.40. The van der Waals surface area contributed by atoms with Crippen LogP contribution in [0.25, 0.3) is 10.1 Å². The number of halogens is 1. The van der Waals surface area contributed by atoms with Gasteiger partial charge in [0.25, 0.3) is 5.91 Å². The van der Waals surface area contributed by atoms with Gasteiger partial charge in [0.05, 0.1) is 10.7 Å². The molecule has 2 N–H and O–H groups in total. The number of amides is 1. The number of hydrogen-bond donors (Lipinski definition) is 1. The molecule has 1 heterocycles. The highest BCUT2D eigenvalue weighted by atomic mass is 35.5. The molecule has 1 aliphatic rings. The quantitative estimate of drug-likeness (QED) is 0.907. The number of hydrogen-bond acceptors (Lipinski definition) is 3. The molecule has 1 fully saturated rings. The van der Waals surface area contributed by atoms with Crippen LogP contribution in [0.3, 0.4) is 0 Å². The summed E-state index contributed by atoms with van der Waals surface area (Å²) >= 11 is 7.66. The van der Waals surface area contributed by atoms with E-state index in [2.05, 4.69) is 13.8 Å². The predicted molar refractivity (Wildman–Crippen MR) is 90.1 cm³/mol. The van der Waals surface area contributed by atoms with E-state index in [-0.39, 0.29) is 11.9 Å². The van der Waals surface area contributed by atoms with Crippen LogP contribution in [0.2, 0.25) is 5.02 Å². The summed E-state index contributed by atoms with van der Waals surface area (Å²) < 4.78 is 0.971. The zero-order valence-corrected chi connectivity index (χ0v) is 13.8. The second kappa shape index (κ2) is 5.50. The zero-order chi connectivity index (χ0) is 15.1. The van der Waals surface area contributed by atoms with Crippen molar-refractivity contribution in [2.45, 2.75) is 32.7 Å². The van der Waals surface area contributed by atoms with Crippen molar-refractivity contribution in [3.63, 3.8) is 0 Å². The van der Waals surface area contributed by atoms with Gasteiger partial charge in [-0.15, -0.1) is 11.3 Å². The van der Waals surface area contributed by atoms with Crippen LogP contribution >= 0.6 is 22.9 Å². The van der Waals surface area contributed by atoms with Crippen molar-refractivity contribution in [2.75, 3.05) is 12.3 Å². The van der Waals surface area contributed by atoms with Gasteiger partial charge in [-0.3, -0.25) is 4.79 Å². The highest BCUT2D eigenvalue weighted by Gasteiger charge is 2.30. The topological polar surface area (TPSA) is 46.3 Å². The van der Waals surface area contributed by atoms with E-state index in [1.165, 1.54) is 24.2 Å². The van der Waals surface area contributed by atoms with Gasteiger partial charge in [0, 0.05) is 22.7 Å². The molecule has 1 amide bonds. The summed E-state index contributed by atoms with van der Waals surface area (Å²) in [5, 5.41) is 1.42. The lowest BCUT2D eigenvalue weighted by Gasteiger charge is -2.26. The van der Waals surface area contributed by atoms with Crippen LogP contribution in [0, 0.1) is 5.92 Å². The molecule has 1 aliphatic carbocycles. The fourth-order valence-corrected chi connectivity index (χ4v) is 3.96. The molecule has 112 valence electrons. The second-order valence-corrected chi connectivity index (χ2v) is 7.41. The van der Waals surface area contributed by atoms with Gasteiger partial charge in [0.15, 0.2) is 0 Å². The molecule has 0 saturated heterocycles. The van der Waals surface area contributed by atoms with Crippen molar-refractivity contribution in [2.24, 2.45) is 5.92 Å². The smallest absolute Gasteiger partial charge is 0.266 e. The Morgan fingerprint density at radius 1 is 1.48 bits per heavy atom. The number of anilines is 1. The summed E-state index contributed by atoms with van der Waals surface area (Å²) in [6, 6.07) is 5.84. The van der Waals surface area contributed by atoms with Gasteiger partial charge in [-0.2, -0.15) is 0 Å². The lowest BCUT2D eigenvalue weighted by molar-refractivity contribution is 0.0702.